The van der Waals surface area contributed by atoms with Crippen LogP contribution in [0.5, 0.6) is 0 Å². The molecule has 0 radical (unpaired) electrons. The van der Waals surface area contributed by atoms with Crippen molar-refractivity contribution in [1.82, 2.24) is 0 Å². The van der Waals surface area contributed by atoms with Crippen molar-refractivity contribution in [3.63, 3.8) is 0 Å². The van der Waals surface area contributed by atoms with Crippen LogP contribution < -0.4 is 0 Å². The topological polar surface area (TPSA) is 203 Å². The first kappa shape index (κ1) is 38.3. The number of ether oxygens (including phenoxy) is 1. The number of hydrogen-bond donors (Lipinski definition) is 7. The third-order valence-electron chi connectivity index (χ3n) is 6.40. The maximum atomic E-state index is 12.1. The van der Waals surface area contributed by atoms with Gasteiger partial charge in [-0.1, -0.05) is 68.4 Å². The molecule has 0 aliphatic heterocycles. The number of carbonyl (C=O) groups excluding carboxylic acids is 1. The summed E-state index contributed by atoms with van der Waals surface area (Å²) in [6, 6.07) is 0. The van der Waals surface area contributed by atoms with E-state index >= 15 is 0 Å². The van der Waals surface area contributed by atoms with Crippen LogP contribution in [0.3, 0.4) is 0 Å². The first-order valence-electron chi connectivity index (χ1n) is 14.5. The maximum Gasteiger partial charge on any atom is 0.472 e. The van der Waals surface area contributed by atoms with Crippen molar-refractivity contribution >= 4 is 13.8 Å². The fraction of sp³-hybridized carbons (Fsp3) is 0.690. The highest BCUT2D eigenvalue weighted by molar-refractivity contribution is 7.47. The van der Waals surface area contributed by atoms with Gasteiger partial charge in [-0.05, 0) is 44.9 Å². The monoisotopic (exact) mass is 620 g/mol. The second kappa shape index (κ2) is 21.9. The molecular formula is C29H49O12P. The van der Waals surface area contributed by atoms with Gasteiger partial charge in [-0.25, -0.2) is 4.57 Å². The Balaban J connectivity index is 2.15. The van der Waals surface area contributed by atoms with Gasteiger partial charge in [0.25, 0.3) is 0 Å². The van der Waals surface area contributed by atoms with Crippen molar-refractivity contribution in [2.75, 3.05) is 13.2 Å². The molecular weight excluding hydrogens is 571 g/mol. The minimum atomic E-state index is -5.00. The summed E-state index contributed by atoms with van der Waals surface area (Å²) in [5.74, 6) is -0.566. The lowest BCUT2D eigenvalue weighted by atomic mass is 9.85. The number of rotatable bonds is 21. The predicted octanol–water partition coefficient (Wildman–Crippen LogP) is 2.36. The molecule has 1 aliphatic rings. The predicted molar refractivity (Wildman–Crippen MR) is 156 cm³/mol. The number of aliphatic hydroxyl groups is 6. The van der Waals surface area contributed by atoms with E-state index in [1.54, 1.807) is 0 Å². The zero-order chi connectivity index (χ0) is 31.4. The largest absolute Gasteiger partial charge is 0.472 e. The molecule has 0 saturated heterocycles. The molecule has 1 aliphatic carbocycles. The quantitative estimate of drug-likeness (QED) is 0.0428. The Bertz CT molecular complexity index is 889. The molecule has 3 unspecified atom stereocenters. The van der Waals surface area contributed by atoms with E-state index in [0.29, 0.717) is 12.8 Å². The third-order valence-corrected chi connectivity index (χ3v) is 7.39. The van der Waals surface area contributed by atoms with Crippen LogP contribution in [0.1, 0.15) is 71.1 Å². The lowest BCUT2D eigenvalue weighted by Gasteiger charge is -2.41. The highest BCUT2D eigenvalue weighted by atomic mass is 31.2. The van der Waals surface area contributed by atoms with Crippen LogP contribution >= 0.6 is 7.82 Å². The van der Waals surface area contributed by atoms with Crippen LogP contribution in [0.25, 0.3) is 0 Å². The summed E-state index contributed by atoms with van der Waals surface area (Å²) < 4.78 is 26.3. The van der Waals surface area contributed by atoms with Crippen LogP contribution in [-0.4, -0.2) is 97.4 Å². The smallest absolute Gasteiger partial charge is 0.463 e. The lowest BCUT2D eigenvalue weighted by Crippen LogP contribution is -2.64. The number of hydrogen-bond acceptors (Lipinski definition) is 11. The molecule has 0 aromatic rings. The van der Waals surface area contributed by atoms with E-state index in [9.17, 15) is 44.9 Å². The number of phosphoric ester groups is 1. The van der Waals surface area contributed by atoms with Crippen molar-refractivity contribution in [3.05, 3.63) is 48.6 Å². The summed E-state index contributed by atoms with van der Waals surface area (Å²) >= 11 is 0. The number of esters is 1. The van der Waals surface area contributed by atoms with E-state index in [-0.39, 0.29) is 6.42 Å². The Kier molecular flexibility index (Phi) is 20.0. The number of aliphatic hydroxyl groups excluding tert-OH is 6. The van der Waals surface area contributed by atoms with Gasteiger partial charge in [0.15, 0.2) is 0 Å². The molecule has 1 saturated carbocycles. The van der Waals surface area contributed by atoms with Gasteiger partial charge >= 0.3 is 13.8 Å². The molecule has 7 N–H and O–H groups in total. The molecule has 0 heterocycles. The summed E-state index contributed by atoms with van der Waals surface area (Å²) in [4.78, 5) is 21.7. The standard InChI is InChI=1S/C29H49O12P/c1-2-3-4-5-6-7-8-9-10-11-12-13-14-15-16-17-18-19-23(31)39-20-22(30)21-40-42(37,38)41-29-27(35)25(33)24(32)26(34)28(29)36/h6-7,9-10,12-13,15-16,22,24-30,32-36H,2-5,8,11,14,17-21H2,1H3,(H,37,38)/t22-,24?,25-,26+,27-,28-,29?/m1/s1. The van der Waals surface area contributed by atoms with Crippen molar-refractivity contribution in [2.45, 2.75) is 114 Å². The van der Waals surface area contributed by atoms with Crippen LogP contribution in [0, 0.1) is 0 Å². The molecule has 0 amide bonds. The van der Waals surface area contributed by atoms with E-state index in [0.717, 1.165) is 25.7 Å². The molecule has 1 rings (SSSR count). The molecule has 0 spiro atoms. The maximum absolute atomic E-state index is 12.1. The lowest BCUT2D eigenvalue weighted by molar-refractivity contribution is -0.220. The van der Waals surface area contributed by atoms with Gasteiger partial charge in [0.05, 0.1) is 6.61 Å². The highest BCUT2D eigenvalue weighted by Crippen LogP contribution is 2.47. The van der Waals surface area contributed by atoms with Gasteiger partial charge in [-0.15, -0.1) is 0 Å². The molecule has 12 nitrogen and oxygen atoms in total. The fourth-order valence-corrected chi connectivity index (χ4v) is 4.90. The van der Waals surface area contributed by atoms with Gasteiger partial charge in [0.1, 0.15) is 49.3 Å². The zero-order valence-corrected chi connectivity index (χ0v) is 25.2. The molecule has 0 aromatic heterocycles. The van der Waals surface area contributed by atoms with Crippen LogP contribution in [-0.2, 0) is 23.1 Å². The normalized spacial score (nSPS) is 27.3. The minimum absolute atomic E-state index is 0.112. The summed E-state index contributed by atoms with van der Waals surface area (Å²) in [6.45, 7) is 0.894. The minimum Gasteiger partial charge on any atom is -0.463 e. The van der Waals surface area contributed by atoms with Crippen molar-refractivity contribution < 1.29 is 58.7 Å². The summed E-state index contributed by atoms with van der Waals surface area (Å²) in [5.41, 5.74) is 0. The molecule has 13 heteroatoms. The van der Waals surface area contributed by atoms with Crippen molar-refractivity contribution in [2.24, 2.45) is 0 Å². The SMILES string of the molecule is CCCCCC=CCC=CCC=CCC=CCCCC(=O)OC[C@@H](O)COP(=O)(O)OC1[C@H](O)[C@H](O)C(O)[C@H](O)[C@H]1O. The summed E-state index contributed by atoms with van der Waals surface area (Å²) in [5, 5.41) is 58.5. The molecule has 8 atom stereocenters. The van der Waals surface area contributed by atoms with E-state index in [2.05, 4.69) is 52.4 Å². The average molecular weight is 621 g/mol. The number of phosphoric acid groups is 1. The first-order valence-corrected chi connectivity index (χ1v) is 16.0. The van der Waals surface area contributed by atoms with E-state index in [4.69, 9.17) is 4.74 Å². The second-order valence-electron chi connectivity index (χ2n) is 10.1. The number of unbranched alkanes of at least 4 members (excludes halogenated alkanes) is 4. The van der Waals surface area contributed by atoms with E-state index in [1.807, 2.05) is 12.2 Å². The Morgan fingerprint density at radius 2 is 1.21 bits per heavy atom. The van der Waals surface area contributed by atoms with Crippen LogP contribution in [0.2, 0.25) is 0 Å². The van der Waals surface area contributed by atoms with Crippen molar-refractivity contribution in [3.8, 4) is 0 Å². The molecule has 0 bridgehead atoms. The van der Waals surface area contributed by atoms with E-state index in [1.165, 1.54) is 19.3 Å². The van der Waals surface area contributed by atoms with Gasteiger partial charge in [-0.3, -0.25) is 13.8 Å². The van der Waals surface area contributed by atoms with E-state index < -0.39 is 69.7 Å². The fourth-order valence-electron chi connectivity index (χ4n) is 3.92. The van der Waals surface area contributed by atoms with Gasteiger partial charge < -0.3 is 40.3 Å². The van der Waals surface area contributed by atoms with Crippen LogP contribution in [0.15, 0.2) is 48.6 Å². The Labute approximate surface area is 248 Å². The highest BCUT2D eigenvalue weighted by Gasteiger charge is 2.51. The summed E-state index contributed by atoms with van der Waals surface area (Å²) in [6.07, 6.45) is 12.5. The number of carbonyl (C=O) groups is 1. The molecule has 242 valence electrons. The van der Waals surface area contributed by atoms with Crippen molar-refractivity contribution in [1.29, 1.82) is 0 Å². The third kappa shape index (κ3) is 16.2. The van der Waals surface area contributed by atoms with Gasteiger partial charge in [0.2, 0.25) is 0 Å². The Hall–Kier alpha value is -1.70. The van der Waals surface area contributed by atoms with Gasteiger partial charge in [-0.2, -0.15) is 0 Å². The average Bonchev–Trinajstić information content (AvgIpc) is 2.96. The Morgan fingerprint density at radius 1 is 0.738 bits per heavy atom. The van der Waals surface area contributed by atoms with Crippen LogP contribution in [0.4, 0.5) is 0 Å². The summed E-state index contributed by atoms with van der Waals surface area (Å²) in [7, 11) is -5.00. The molecule has 42 heavy (non-hydrogen) atoms. The first-order chi connectivity index (χ1) is 20.0. The van der Waals surface area contributed by atoms with Gasteiger partial charge in [0, 0.05) is 6.42 Å². The molecule has 0 aromatic carbocycles. The second-order valence-corrected chi connectivity index (χ2v) is 11.5. The zero-order valence-electron chi connectivity index (χ0n) is 24.3. The molecule has 1 fully saturated rings. The Morgan fingerprint density at radius 3 is 1.74 bits per heavy atom. The number of allylic oxidation sites excluding steroid dienone is 8.